The van der Waals surface area contributed by atoms with Crippen molar-refractivity contribution < 1.29 is 19.1 Å². The second-order valence-corrected chi connectivity index (χ2v) is 7.57. The van der Waals surface area contributed by atoms with Gasteiger partial charge in [-0.1, -0.05) is 0 Å². The lowest BCUT2D eigenvalue weighted by molar-refractivity contribution is -0.122. The molecule has 0 saturated carbocycles. The standard InChI is InChI=1S/C19H19FN6OS.CH2O2/c1-12-8-16(24-19(21)23-12)25-3-5-26(6-4-25)18(27)14-9-13(10-15(20)11-14)17-22-2-7-28-17;2-1-3/h2,7-11H,3-6H2,1H3,(H2,21,23,24);1H,(H,2,3). The second kappa shape index (κ2) is 9.94. The van der Waals surface area contributed by atoms with Gasteiger partial charge in [0.2, 0.25) is 5.95 Å². The van der Waals surface area contributed by atoms with Crippen LogP contribution in [0.1, 0.15) is 16.1 Å². The van der Waals surface area contributed by atoms with Crippen LogP contribution in [0.2, 0.25) is 0 Å². The van der Waals surface area contributed by atoms with Crippen LogP contribution in [0.5, 0.6) is 0 Å². The number of nitrogen functional groups attached to an aromatic ring is 1. The van der Waals surface area contributed by atoms with Crippen LogP contribution >= 0.6 is 11.3 Å². The Morgan fingerprint density at radius 2 is 1.90 bits per heavy atom. The number of aryl methyl sites for hydroxylation is 1. The third-order valence-corrected chi connectivity index (χ3v) is 5.40. The molecule has 0 aliphatic carbocycles. The fraction of sp³-hybridized carbons (Fsp3) is 0.250. The Hall–Kier alpha value is -3.60. The van der Waals surface area contributed by atoms with Gasteiger partial charge in [0.1, 0.15) is 16.6 Å². The fourth-order valence-corrected chi connectivity index (χ4v) is 3.89. The number of aromatic nitrogens is 3. The highest BCUT2D eigenvalue weighted by atomic mass is 32.1. The van der Waals surface area contributed by atoms with Crippen LogP contribution in [0.3, 0.4) is 0 Å². The number of hydrogen-bond donors (Lipinski definition) is 2. The number of anilines is 2. The average molecular weight is 444 g/mol. The average Bonchev–Trinajstić information content (AvgIpc) is 3.28. The molecule has 1 aliphatic heterocycles. The first kappa shape index (κ1) is 22.1. The quantitative estimate of drug-likeness (QED) is 0.590. The number of nitrogens with zero attached hydrogens (tertiary/aromatic N) is 5. The highest BCUT2D eigenvalue weighted by Crippen LogP contribution is 2.25. The summed E-state index contributed by atoms with van der Waals surface area (Å²) >= 11 is 1.41. The smallest absolute Gasteiger partial charge is 0.290 e. The fourth-order valence-electron chi connectivity index (χ4n) is 3.26. The molecule has 2 aromatic heterocycles. The third-order valence-electron chi connectivity index (χ3n) is 4.57. The predicted molar refractivity (Wildman–Crippen MR) is 115 cm³/mol. The van der Waals surface area contributed by atoms with E-state index in [-0.39, 0.29) is 18.3 Å². The topological polar surface area (TPSA) is 126 Å². The lowest BCUT2D eigenvalue weighted by Crippen LogP contribution is -2.49. The number of amides is 1. The predicted octanol–water partition coefficient (Wildman–Crippen LogP) is 2.29. The van der Waals surface area contributed by atoms with Crippen molar-refractivity contribution in [2.24, 2.45) is 0 Å². The maximum Gasteiger partial charge on any atom is 0.290 e. The van der Waals surface area contributed by atoms with Crippen molar-refractivity contribution in [3.05, 3.63) is 52.9 Å². The minimum Gasteiger partial charge on any atom is -0.483 e. The molecular formula is C20H21FN6O3S. The molecule has 3 heterocycles. The molecule has 0 bridgehead atoms. The number of benzene rings is 1. The zero-order chi connectivity index (χ0) is 22.4. The van der Waals surface area contributed by atoms with E-state index in [2.05, 4.69) is 19.9 Å². The summed E-state index contributed by atoms with van der Waals surface area (Å²) in [5, 5.41) is 9.40. The van der Waals surface area contributed by atoms with Crippen LogP contribution in [0.15, 0.2) is 35.8 Å². The molecule has 1 aliphatic rings. The highest BCUT2D eigenvalue weighted by molar-refractivity contribution is 7.13. The molecule has 1 fully saturated rings. The van der Waals surface area contributed by atoms with Gasteiger partial charge in [0, 0.05) is 60.6 Å². The van der Waals surface area contributed by atoms with Crippen LogP contribution in [0.4, 0.5) is 16.2 Å². The van der Waals surface area contributed by atoms with Gasteiger partial charge < -0.3 is 20.6 Å². The molecule has 1 saturated heterocycles. The lowest BCUT2D eigenvalue weighted by Gasteiger charge is -2.35. The molecule has 3 N–H and O–H groups in total. The summed E-state index contributed by atoms with van der Waals surface area (Å²) in [7, 11) is 0. The molecule has 0 unspecified atom stereocenters. The van der Waals surface area contributed by atoms with Gasteiger partial charge in [-0.05, 0) is 25.1 Å². The minimum absolute atomic E-state index is 0.185. The number of piperazine rings is 1. The first-order chi connectivity index (χ1) is 14.9. The number of carbonyl (C=O) groups excluding carboxylic acids is 1. The van der Waals surface area contributed by atoms with Gasteiger partial charge in [-0.2, -0.15) is 4.98 Å². The van der Waals surface area contributed by atoms with Crippen molar-refractivity contribution in [1.82, 2.24) is 19.9 Å². The molecule has 1 amide bonds. The number of halogens is 1. The van der Waals surface area contributed by atoms with E-state index in [0.717, 1.165) is 11.5 Å². The van der Waals surface area contributed by atoms with Gasteiger partial charge in [0.25, 0.3) is 12.4 Å². The van der Waals surface area contributed by atoms with E-state index in [1.54, 1.807) is 17.2 Å². The molecule has 0 radical (unpaired) electrons. The van der Waals surface area contributed by atoms with Crippen molar-refractivity contribution in [3.8, 4) is 10.6 Å². The molecular weight excluding hydrogens is 423 g/mol. The Morgan fingerprint density at radius 3 is 2.52 bits per heavy atom. The van der Waals surface area contributed by atoms with Crippen molar-refractivity contribution in [1.29, 1.82) is 0 Å². The molecule has 0 atom stereocenters. The van der Waals surface area contributed by atoms with Crippen LogP contribution in [-0.2, 0) is 4.79 Å². The third kappa shape index (κ3) is 5.51. The van der Waals surface area contributed by atoms with E-state index < -0.39 is 5.82 Å². The Bertz CT molecular complexity index is 1030. The molecule has 1 aromatic carbocycles. The normalized spacial score (nSPS) is 13.4. The zero-order valence-electron chi connectivity index (χ0n) is 16.7. The lowest BCUT2D eigenvalue weighted by atomic mass is 10.1. The van der Waals surface area contributed by atoms with Gasteiger partial charge >= 0.3 is 0 Å². The zero-order valence-corrected chi connectivity index (χ0v) is 17.5. The van der Waals surface area contributed by atoms with Crippen molar-refractivity contribution in [3.63, 3.8) is 0 Å². The van der Waals surface area contributed by atoms with Crippen molar-refractivity contribution >= 4 is 35.5 Å². The Morgan fingerprint density at radius 1 is 1.19 bits per heavy atom. The van der Waals surface area contributed by atoms with Gasteiger partial charge in [0.15, 0.2) is 0 Å². The summed E-state index contributed by atoms with van der Waals surface area (Å²) in [6.45, 7) is 3.90. The van der Waals surface area contributed by atoms with Crippen molar-refractivity contribution in [2.45, 2.75) is 6.92 Å². The summed E-state index contributed by atoms with van der Waals surface area (Å²) in [6, 6.07) is 6.25. The number of hydrogen-bond acceptors (Lipinski definition) is 8. The maximum atomic E-state index is 14.1. The summed E-state index contributed by atoms with van der Waals surface area (Å²) in [6.07, 6.45) is 1.66. The number of rotatable bonds is 3. The summed E-state index contributed by atoms with van der Waals surface area (Å²) in [4.78, 5) is 37.6. The summed E-state index contributed by atoms with van der Waals surface area (Å²) < 4.78 is 14.1. The molecule has 3 aromatic rings. The first-order valence-corrected chi connectivity index (χ1v) is 10.2. The van der Waals surface area contributed by atoms with Crippen molar-refractivity contribution in [2.75, 3.05) is 36.8 Å². The van der Waals surface area contributed by atoms with Crippen LogP contribution in [0, 0.1) is 12.7 Å². The number of carboxylic acid groups (broad SMARTS) is 1. The van der Waals surface area contributed by atoms with Crippen LogP contribution in [0.25, 0.3) is 10.6 Å². The van der Waals surface area contributed by atoms with E-state index in [1.807, 2.05) is 18.4 Å². The molecule has 4 rings (SSSR count). The Kier molecular flexibility index (Phi) is 7.08. The van der Waals surface area contributed by atoms with Gasteiger partial charge in [-0.3, -0.25) is 9.59 Å². The van der Waals surface area contributed by atoms with Gasteiger partial charge in [-0.15, -0.1) is 11.3 Å². The van der Waals surface area contributed by atoms with E-state index in [4.69, 9.17) is 15.6 Å². The SMILES string of the molecule is Cc1cc(N2CCN(C(=O)c3cc(F)cc(-c4nccs4)c3)CC2)nc(N)n1.O=CO. The Labute approximate surface area is 182 Å². The van der Waals surface area contributed by atoms with Gasteiger partial charge in [-0.25, -0.2) is 14.4 Å². The van der Waals surface area contributed by atoms with E-state index >= 15 is 0 Å². The van der Waals surface area contributed by atoms with Gasteiger partial charge in [0.05, 0.1) is 0 Å². The molecule has 31 heavy (non-hydrogen) atoms. The number of thiazole rings is 1. The molecule has 9 nitrogen and oxygen atoms in total. The highest BCUT2D eigenvalue weighted by Gasteiger charge is 2.24. The Balaban J connectivity index is 0.000000858. The summed E-state index contributed by atoms with van der Waals surface area (Å²) in [5.41, 5.74) is 7.48. The molecule has 0 spiro atoms. The first-order valence-electron chi connectivity index (χ1n) is 9.35. The van der Waals surface area contributed by atoms with E-state index in [9.17, 15) is 9.18 Å². The monoisotopic (exact) mass is 444 g/mol. The van der Waals surface area contributed by atoms with Crippen LogP contribution in [-0.4, -0.2) is 63.5 Å². The minimum atomic E-state index is -0.443. The van der Waals surface area contributed by atoms with Crippen LogP contribution < -0.4 is 10.6 Å². The molecule has 162 valence electrons. The number of nitrogens with two attached hydrogens (primary N) is 1. The maximum absolute atomic E-state index is 14.1. The molecule has 11 heteroatoms. The van der Waals surface area contributed by atoms with E-state index in [1.165, 1.54) is 23.5 Å². The largest absolute Gasteiger partial charge is 0.483 e. The summed E-state index contributed by atoms with van der Waals surface area (Å²) in [5.74, 6) is 0.369. The number of carbonyl (C=O) groups is 2. The van der Waals surface area contributed by atoms with E-state index in [0.29, 0.717) is 42.3 Å². The second-order valence-electron chi connectivity index (χ2n) is 6.68.